The number of carbonyl (C=O) groups excluding carboxylic acids is 1. The summed E-state index contributed by atoms with van der Waals surface area (Å²) in [4.78, 5) is 12.8. The van der Waals surface area contributed by atoms with Crippen LogP contribution < -0.4 is 5.32 Å². The summed E-state index contributed by atoms with van der Waals surface area (Å²) in [5.41, 5.74) is 5.29. The van der Waals surface area contributed by atoms with Gasteiger partial charge in [0.25, 0.3) is 0 Å². The number of hydrogen-bond acceptors (Lipinski definition) is 5. The van der Waals surface area contributed by atoms with Crippen LogP contribution in [0, 0.1) is 13.8 Å². The molecule has 0 saturated heterocycles. The Morgan fingerprint density at radius 3 is 2.62 bits per heavy atom. The summed E-state index contributed by atoms with van der Waals surface area (Å²) in [7, 11) is 0. The molecule has 6 nitrogen and oxygen atoms in total. The Labute approximate surface area is 176 Å². The lowest BCUT2D eigenvalue weighted by atomic mass is 9.97. The summed E-state index contributed by atoms with van der Waals surface area (Å²) in [6, 6.07) is 14.0. The lowest BCUT2D eigenvalue weighted by Gasteiger charge is -2.17. The molecule has 0 fully saturated rings. The molecule has 0 aliphatic heterocycles. The molecular formula is C22H27N5OS. The molecule has 152 valence electrons. The smallest absolute Gasteiger partial charge is 0.237 e. The number of nitrogens with zero attached hydrogens (tertiary/aromatic N) is 4. The topological polar surface area (TPSA) is 72.7 Å². The number of aromatic nitrogens is 4. The van der Waals surface area contributed by atoms with E-state index in [9.17, 15) is 4.79 Å². The number of nitrogens with one attached hydrogen (secondary N) is 1. The van der Waals surface area contributed by atoms with Crippen molar-refractivity contribution >= 4 is 23.4 Å². The Hall–Kier alpha value is -2.67. The van der Waals surface area contributed by atoms with Crippen LogP contribution in [0.4, 0.5) is 5.69 Å². The van der Waals surface area contributed by atoms with Crippen LogP contribution in [0.1, 0.15) is 49.8 Å². The minimum absolute atomic E-state index is 0.0691. The molecule has 2 unspecified atom stereocenters. The Morgan fingerprint density at radius 1 is 1.14 bits per heavy atom. The van der Waals surface area contributed by atoms with Crippen LogP contribution in [-0.2, 0) is 4.79 Å². The van der Waals surface area contributed by atoms with Gasteiger partial charge in [-0.15, -0.1) is 5.10 Å². The van der Waals surface area contributed by atoms with Gasteiger partial charge in [0.1, 0.15) is 0 Å². The molecule has 1 N–H and O–H groups in total. The van der Waals surface area contributed by atoms with Gasteiger partial charge in [-0.1, -0.05) is 49.9 Å². The number of benzene rings is 2. The Morgan fingerprint density at radius 2 is 1.90 bits per heavy atom. The standard InChI is InChI=1S/C22H27N5OS/c1-6-14(2)19-9-7-8-10-20(19)23-21(28)17(5)29-22-24-25-26-27(22)18-12-11-15(3)16(4)13-18/h7-14,17H,6H2,1-5H3,(H,23,28). The number of rotatable bonds is 7. The molecule has 0 aliphatic rings. The lowest BCUT2D eigenvalue weighted by Crippen LogP contribution is -2.23. The van der Waals surface area contributed by atoms with Crippen LogP contribution in [0.2, 0.25) is 0 Å². The van der Waals surface area contributed by atoms with E-state index in [-0.39, 0.29) is 11.2 Å². The summed E-state index contributed by atoms with van der Waals surface area (Å²) >= 11 is 1.34. The molecule has 0 aliphatic carbocycles. The largest absolute Gasteiger partial charge is 0.325 e. The summed E-state index contributed by atoms with van der Waals surface area (Å²) in [5.74, 6) is 0.312. The van der Waals surface area contributed by atoms with Crippen molar-refractivity contribution < 1.29 is 4.79 Å². The lowest BCUT2D eigenvalue weighted by molar-refractivity contribution is -0.115. The first kappa shape index (κ1) is 21.0. The van der Waals surface area contributed by atoms with Gasteiger partial charge in [0, 0.05) is 5.69 Å². The Kier molecular flexibility index (Phi) is 6.69. The average Bonchev–Trinajstić information content (AvgIpc) is 3.17. The molecule has 29 heavy (non-hydrogen) atoms. The van der Waals surface area contributed by atoms with Crippen molar-refractivity contribution in [3.63, 3.8) is 0 Å². The first-order valence-corrected chi connectivity index (χ1v) is 10.7. The fourth-order valence-electron chi connectivity index (χ4n) is 2.98. The molecule has 3 rings (SSSR count). The van der Waals surface area contributed by atoms with Gasteiger partial charge in [0.2, 0.25) is 11.1 Å². The van der Waals surface area contributed by atoms with E-state index in [1.54, 1.807) is 4.68 Å². The number of tetrazole rings is 1. The van der Waals surface area contributed by atoms with E-state index in [4.69, 9.17) is 0 Å². The van der Waals surface area contributed by atoms with E-state index in [1.165, 1.54) is 22.9 Å². The van der Waals surface area contributed by atoms with Crippen LogP contribution in [0.25, 0.3) is 5.69 Å². The second-order valence-electron chi connectivity index (χ2n) is 7.29. The molecule has 1 amide bonds. The number of anilines is 1. The molecule has 2 atom stereocenters. The molecular weight excluding hydrogens is 382 g/mol. The van der Waals surface area contributed by atoms with Crippen LogP contribution in [0.5, 0.6) is 0 Å². The molecule has 7 heteroatoms. The average molecular weight is 410 g/mol. The fourth-order valence-corrected chi connectivity index (χ4v) is 3.79. The maximum Gasteiger partial charge on any atom is 0.237 e. The minimum atomic E-state index is -0.351. The van der Waals surface area contributed by atoms with E-state index >= 15 is 0 Å². The van der Waals surface area contributed by atoms with Gasteiger partial charge in [-0.2, -0.15) is 4.68 Å². The third-order valence-corrected chi connectivity index (χ3v) is 6.22. The molecule has 1 heterocycles. The summed E-state index contributed by atoms with van der Waals surface area (Å²) in [5, 5.41) is 15.3. The van der Waals surface area contributed by atoms with E-state index in [2.05, 4.69) is 54.6 Å². The number of thioether (sulfide) groups is 1. The maximum atomic E-state index is 12.8. The van der Waals surface area contributed by atoms with Crippen molar-refractivity contribution in [1.82, 2.24) is 20.2 Å². The number of amides is 1. The van der Waals surface area contributed by atoms with Crippen molar-refractivity contribution in [2.75, 3.05) is 5.32 Å². The van der Waals surface area contributed by atoms with Crippen molar-refractivity contribution in [3.05, 3.63) is 59.2 Å². The monoisotopic (exact) mass is 409 g/mol. The summed E-state index contributed by atoms with van der Waals surface area (Å²) < 4.78 is 1.67. The van der Waals surface area contributed by atoms with Gasteiger partial charge >= 0.3 is 0 Å². The highest BCUT2D eigenvalue weighted by atomic mass is 32.2. The zero-order valence-electron chi connectivity index (χ0n) is 17.5. The highest BCUT2D eigenvalue weighted by Gasteiger charge is 2.21. The van der Waals surface area contributed by atoms with Crippen molar-refractivity contribution in [2.45, 2.75) is 57.4 Å². The van der Waals surface area contributed by atoms with E-state index < -0.39 is 0 Å². The van der Waals surface area contributed by atoms with E-state index in [1.807, 2.05) is 43.3 Å². The molecule has 0 radical (unpaired) electrons. The minimum Gasteiger partial charge on any atom is -0.325 e. The van der Waals surface area contributed by atoms with E-state index in [0.29, 0.717) is 11.1 Å². The highest BCUT2D eigenvalue weighted by Crippen LogP contribution is 2.28. The summed E-state index contributed by atoms with van der Waals surface area (Å²) in [6.45, 7) is 10.3. The van der Waals surface area contributed by atoms with Gasteiger partial charge < -0.3 is 5.32 Å². The molecule has 0 saturated carbocycles. The third kappa shape index (κ3) is 4.85. The van der Waals surface area contributed by atoms with Crippen LogP contribution in [0.15, 0.2) is 47.6 Å². The van der Waals surface area contributed by atoms with Gasteiger partial charge in [-0.3, -0.25) is 4.79 Å². The highest BCUT2D eigenvalue weighted by molar-refractivity contribution is 8.00. The zero-order chi connectivity index (χ0) is 21.0. The molecule has 0 spiro atoms. The maximum absolute atomic E-state index is 12.8. The SMILES string of the molecule is CCC(C)c1ccccc1NC(=O)C(C)Sc1nnnn1-c1ccc(C)c(C)c1. The summed E-state index contributed by atoms with van der Waals surface area (Å²) in [6.07, 6.45) is 1.02. The molecule has 2 aromatic carbocycles. The van der Waals surface area contributed by atoms with E-state index in [0.717, 1.165) is 23.4 Å². The Bertz CT molecular complexity index is 1000. The predicted molar refractivity (Wildman–Crippen MR) is 118 cm³/mol. The van der Waals surface area contributed by atoms with Gasteiger partial charge in [0.05, 0.1) is 10.9 Å². The van der Waals surface area contributed by atoms with Crippen LogP contribution in [0.3, 0.4) is 0 Å². The molecule has 0 bridgehead atoms. The normalized spacial score (nSPS) is 13.1. The van der Waals surface area contributed by atoms with Crippen LogP contribution in [-0.4, -0.2) is 31.4 Å². The van der Waals surface area contributed by atoms with Gasteiger partial charge in [0.15, 0.2) is 0 Å². The van der Waals surface area contributed by atoms with Crippen LogP contribution >= 0.6 is 11.8 Å². The Balaban J connectivity index is 1.75. The van der Waals surface area contributed by atoms with Crippen molar-refractivity contribution in [3.8, 4) is 5.69 Å². The number of carbonyl (C=O) groups is 1. The number of aryl methyl sites for hydroxylation is 2. The molecule has 3 aromatic rings. The second kappa shape index (κ2) is 9.22. The predicted octanol–water partition coefficient (Wildman–Crippen LogP) is 4.91. The van der Waals surface area contributed by atoms with Crippen molar-refractivity contribution in [1.29, 1.82) is 0 Å². The quantitative estimate of drug-likeness (QED) is 0.561. The number of hydrogen-bond donors (Lipinski definition) is 1. The first-order valence-electron chi connectivity index (χ1n) is 9.83. The zero-order valence-corrected chi connectivity index (χ0v) is 18.3. The fraction of sp³-hybridized carbons (Fsp3) is 0.364. The first-order chi connectivity index (χ1) is 13.9. The third-order valence-electron chi connectivity index (χ3n) is 5.19. The second-order valence-corrected chi connectivity index (χ2v) is 8.60. The molecule has 1 aromatic heterocycles. The van der Waals surface area contributed by atoms with Gasteiger partial charge in [-0.25, -0.2) is 0 Å². The van der Waals surface area contributed by atoms with Crippen molar-refractivity contribution in [2.24, 2.45) is 0 Å². The number of para-hydroxylation sites is 1. The van der Waals surface area contributed by atoms with Gasteiger partial charge in [-0.05, 0) is 78.4 Å².